The summed E-state index contributed by atoms with van der Waals surface area (Å²) in [4.78, 5) is 13.3. The molecule has 0 fully saturated rings. The molecular weight excluding hydrogens is 216 g/mol. The fraction of sp³-hybridized carbons (Fsp3) is 0.462. The fourth-order valence-electron chi connectivity index (χ4n) is 2.51. The minimum atomic E-state index is -0.761. The van der Waals surface area contributed by atoms with Crippen molar-refractivity contribution in [1.82, 2.24) is 0 Å². The Morgan fingerprint density at radius 3 is 3.00 bits per heavy atom. The predicted molar refractivity (Wildman–Crippen MR) is 68.2 cm³/mol. The third kappa shape index (κ3) is 2.07. The van der Waals surface area contributed by atoms with Crippen LogP contribution in [-0.2, 0) is 11.2 Å². The molecule has 0 bridgehead atoms. The quantitative estimate of drug-likeness (QED) is 0.781. The van der Waals surface area contributed by atoms with Crippen molar-refractivity contribution in [3.63, 3.8) is 0 Å². The van der Waals surface area contributed by atoms with Crippen LogP contribution in [0.15, 0.2) is 18.2 Å². The smallest absolute Gasteiger partial charge is 0.326 e. The number of fused-ring (bicyclic) bond motifs is 1. The minimum absolute atomic E-state index is 0.453. The molecule has 0 amide bonds. The van der Waals surface area contributed by atoms with E-state index in [1.165, 1.54) is 0 Å². The number of nitrogens with zero attached hydrogens (tertiary/aromatic N) is 1. The number of nitrogens with two attached hydrogens (primary N) is 1. The summed E-state index contributed by atoms with van der Waals surface area (Å²) < 4.78 is 0. The first kappa shape index (κ1) is 11.8. The first-order chi connectivity index (χ1) is 8.15. The summed E-state index contributed by atoms with van der Waals surface area (Å²) in [6, 6.07) is 5.33. The number of rotatable bonds is 4. The highest BCUT2D eigenvalue weighted by atomic mass is 16.4. The fourth-order valence-corrected chi connectivity index (χ4v) is 2.51. The number of hydrogen-bond donors (Lipinski definition) is 2. The van der Waals surface area contributed by atoms with Gasteiger partial charge in [0.05, 0.1) is 11.4 Å². The van der Waals surface area contributed by atoms with Gasteiger partial charge in [0.25, 0.3) is 0 Å². The third-order valence-electron chi connectivity index (χ3n) is 3.28. The molecule has 0 aromatic heterocycles. The number of para-hydroxylation sites is 1. The van der Waals surface area contributed by atoms with Crippen LogP contribution in [-0.4, -0.2) is 23.7 Å². The van der Waals surface area contributed by atoms with Crippen molar-refractivity contribution in [3.05, 3.63) is 23.8 Å². The molecule has 4 nitrogen and oxygen atoms in total. The van der Waals surface area contributed by atoms with E-state index in [1.54, 1.807) is 0 Å². The maximum atomic E-state index is 11.3. The Hall–Kier alpha value is -1.71. The minimum Gasteiger partial charge on any atom is -0.480 e. The molecule has 0 saturated heterocycles. The highest BCUT2D eigenvalue weighted by Crippen LogP contribution is 2.35. The van der Waals surface area contributed by atoms with Crippen molar-refractivity contribution >= 4 is 17.3 Å². The van der Waals surface area contributed by atoms with Crippen LogP contribution in [0, 0.1) is 0 Å². The molecule has 1 unspecified atom stereocenters. The second kappa shape index (κ2) is 4.65. The van der Waals surface area contributed by atoms with Crippen LogP contribution in [0.1, 0.15) is 25.3 Å². The van der Waals surface area contributed by atoms with Crippen LogP contribution in [0.2, 0.25) is 0 Å². The molecular formula is C13H18N2O2. The van der Waals surface area contributed by atoms with Crippen LogP contribution in [0.4, 0.5) is 11.4 Å². The lowest BCUT2D eigenvalue weighted by atomic mass is 10.1. The third-order valence-corrected chi connectivity index (χ3v) is 3.28. The monoisotopic (exact) mass is 234 g/mol. The zero-order valence-electron chi connectivity index (χ0n) is 10.0. The summed E-state index contributed by atoms with van der Waals surface area (Å²) in [7, 11) is 0. The van der Waals surface area contributed by atoms with Gasteiger partial charge in [0, 0.05) is 6.54 Å². The van der Waals surface area contributed by atoms with Crippen molar-refractivity contribution in [3.8, 4) is 0 Å². The van der Waals surface area contributed by atoms with Gasteiger partial charge in [-0.1, -0.05) is 25.5 Å². The van der Waals surface area contributed by atoms with Gasteiger partial charge in [0.2, 0.25) is 0 Å². The van der Waals surface area contributed by atoms with E-state index in [-0.39, 0.29) is 0 Å². The molecule has 0 spiro atoms. The molecule has 4 heteroatoms. The van der Waals surface area contributed by atoms with Gasteiger partial charge in [-0.2, -0.15) is 0 Å². The van der Waals surface area contributed by atoms with Crippen molar-refractivity contribution in [2.45, 2.75) is 32.2 Å². The van der Waals surface area contributed by atoms with E-state index in [9.17, 15) is 9.90 Å². The molecule has 0 aliphatic carbocycles. The molecule has 1 aromatic carbocycles. The normalized spacial score (nSPS) is 15.7. The highest BCUT2D eigenvalue weighted by Gasteiger charge is 2.31. The number of carbonyl (C=O) groups is 1. The predicted octanol–water partition coefficient (Wildman–Crippen LogP) is 1.88. The van der Waals surface area contributed by atoms with Crippen molar-refractivity contribution in [1.29, 1.82) is 0 Å². The SMILES string of the molecule is CCCC(C(=O)O)N1CCc2cccc(N)c21. The van der Waals surface area contributed by atoms with Gasteiger partial charge in [-0.3, -0.25) is 0 Å². The van der Waals surface area contributed by atoms with Crippen LogP contribution in [0.3, 0.4) is 0 Å². The Bertz CT molecular complexity index is 431. The maximum Gasteiger partial charge on any atom is 0.326 e. The lowest BCUT2D eigenvalue weighted by Gasteiger charge is -2.27. The highest BCUT2D eigenvalue weighted by molar-refractivity contribution is 5.83. The average molecular weight is 234 g/mol. The zero-order valence-corrected chi connectivity index (χ0v) is 10.0. The topological polar surface area (TPSA) is 66.6 Å². The number of carboxylic acids is 1. The van der Waals surface area contributed by atoms with E-state index in [2.05, 4.69) is 0 Å². The summed E-state index contributed by atoms with van der Waals surface area (Å²) in [5.41, 5.74) is 8.73. The molecule has 1 aliphatic heterocycles. The Kier molecular flexibility index (Phi) is 3.22. The second-order valence-corrected chi connectivity index (χ2v) is 4.44. The number of benzene rings is 1. The van der Waals surface area contributed by atoms with E-state index in [4.69, 9.17) is 5.73 Å². The molecule has 1 aromatic rings. The van der Waals surface area contributed by atoms with E-state index in [0.717, 1.165) is 30.6 Å². The first-order valence-electron chi connectivity index (χ1n) is 6.02. The van der Waals surface area contributed by atoms with Gasteiger partial charge in [-0.15, -0.1) is 0 Å². The van der Waals surface area contributed by atoms with E-state index < -0.39 is 12.0 Å². The Labute approximate surface area is 101 Å². The van der Waals surface area contributed by atoms with Gasteiger partial charge in [-0.25, -0.2) is 4.79 Å². The number of anilines is 2. The standard InChI is InChI=1S/C13H18N2O2/c1-2-4-11(13(16)17)15-8-7-9-5-3-6-10(14)12(9)15/h3,5-6,11H,2,4,7-8,14H2,1H3,(H,16,17). The Balaban J connectivity index is 2.34. The van der Waals surface area contributed by atoms with Crippen molar-refractivity contribution < 1.29 is 9.90 Å². The van der Waals surface area contributed by atoms with Crippen LogP contribution in [0.5, 0.6) is 0 Å². The molecule has 1 aliphatic rings. The van der Waals surface area contributed by atoms with Gasteiger partial charge < -0.3 is 15.7 Å². The largest absolute Gasteiger partial charge is 0.480 e. The molecule has 2 rings (SSSR count). The van der Waals surface area contributed by atoms with E-state index in [1.807, 2.05) is 30.0 Å². The van der Waals surface area contributed by atoms with Crippen LogP contribution < -0.4 is 10.6 Å². The molecule has 92 valence electrons. The molecule has 17 heavy (non-hydrogen) atoms. The van der Waals surface area contributed by atoms with Gasteiger partial charge in [-0.05, 0) is 24.5 Å². The number of carboxylic acid groups (broad SMARTS) is 1. The summed E-state index contributed by atoms with van der Waals surface area (Å²) >= 11 is 0. The zero-order chi connectivity index (χ0) is 12.4. The molecule has 0 saturated carbocycles. The van der Waals surface area contributed by atoms with Crippen LogP contribution >= 0.6 is 0 Å². The summed E-state index contributed by atoms with van der Waals surface area (Å²) in [5, 5.41) is 9.30. The Morgan fingerprint density at radius 1 is 1.59 bits per heavy atom. The van der Waals surface area contributed by atoms with E-state index >= 15 is 0 Å². The van der Waals surface area contributed by atoms with Gasteiger partial charge in [0.1, 0.15) is 6.04 Å². The lowest BCUT2D eigenvalue weighted by Crippen LogP contribution is -2.40. The first-order valence-corrected chi connectivity index (χ1v) is 6.02. The summed E-state index contributed by atoms with van der Waals surface area (Å²) in [5.74, 6) is -0.761. The van der Waals surface area contributed by atoms with E-state index in [0.29, 0.717) is 12.1 Å². The van der Waals surface area contributed by atoms with Crippen molar-refractivity contribution in [2.75, 3.05) is 17.2 Å². The molecule has 1 atom stereocenters. The maximum absolute atomic E-state index is 11.3. The molecule has 3 N–H and O–H groups in total. The number of aliphatic carboxylic acids is 1. The van der Waals surface area contributed by atoms with Crippen molar-refractivity contribution in [2.24, 2.45) is 0 Å². The molecule has 1 heterocycles. The summed E-state index contributed by atoms with van der Waals surface area (Å²) in [6.45, 7) is 2.75. The van der Waals surface area contributed by atoms with Gasteiger partial charge in [0.15, 0.2) is 0 Å². The second-order valence-electron chi connectivity index (χ2n) is 4.44. The Morgan fingerprint density at radius 2 is 2.35 bits per heavy atom. The number of nitrogen functional groups attached to an aromatic ring is 1. The van der Waals surface area contributed by atoms with Crippen LogP contribution in [0.25, 0.3) is 0 Å². The lowest BCUT2D eigenvalue weighted by molar-refractivity contribution is -0.138. The average Bonchev–Trinajstić information content (AvgIpc) is 2.70. The molecule has 0 radical (unpaired) electrons. The number of hydrogen-bond acceptors (Lipinski definition) is 3. The summed E-state index contributed by atoms with van der Waals surface area (Å²) in [6.07, 6.45) is 2.40. The van der Waals surface area contributed by atoms with Gasteiger partial charge >= 0.3 is 5.97 Å².